The van der Waals surface area contributed by atoms with E-state index in [2.05, 4.69) is 21.0 Å². The first-order valence-electron chi connectivity index (χ1n) is 6.88. The van der Waals surface area contributed by atoms with Gasteiger partial charge in [0.2, 0.25) is 0 Å². The van der Waals surface area contributed by atoms with E-state index in [0.717, 1.165) is 22.0 Å². The van der Waals surface area contributed by atoms with Crippen molar-refractivity contribution in [1.29, 1.82) is 0 Å². The maximum Gasteiger partial charge on any atom is 0.150 e. The lowest BCUT2D eigenvalue weighted by atomic mass is 9.97. The quantitative estimate of drug-likeness (QED) is 0.790. The van der Waals surface area contributed by atoms with Gasteiger partial charge in [-0.1, -0.05) is 24.3 Å². The molecule has 21 heavy (non-hydrogen) atoms. The Labute approximate surface area is 126 Å². The van der Waals surface area contributed by atoms with E-state index in [-0.39, 0.29) is 12.1 Å². The first-order valence-corrected chi connectivity index (χ1v) is 7.76. The van der Waals surface area contributed by atoms with Gasteiger partial charge in [0, 0.05) is 18.0 Å². The van der Waals surface area contributed by atoms with Gasteiger partial charge in [0.05, 0.1) is 17.0 Å². The van der Waals surface area contributed by atoms with Gasteiger partial charge < -0.3 is 15.0 Å². The summed E-state index contributed by atoms with van der Waals surface area (Å²) < 4.78 is 8.01. The van der Waals surface area contributed by atoms with E-state index in [0.29, 0.717) is 6.61 Å². The SMILES string of the molecule is NC1c2ccccc2OCC1n1ccnc1-c1cccs1. The number of nitrogens with zero attached hydrogens (tertiary/aromatic N) is 2. The fraction of sp³-hybridized carbons (Fsp3) is 0.188. The summed E-state index contributed by atoms with van der Waals surface area (Å²) in [5.41, 5.74) is 7.53. The fourth-order valence-corrected chi connectivity index (χ4v) is 3.53. The second-order valence-electron chi connectivity index (χ2n) is 5.08. The third-order valence-corrected chi connectivity index (χ3v) is 4.74. The summed E-state index contributed by atoms with van der Waals surface area (Å²) in [6, 6.07) is 12.0. The summed E-state index contributed by atoms with van der Waals surface area (Å²) in [4.78, 5) is 5.63. The Kier molecular flexibility index (Phi) is 3.02. The Balaban J connectivity index is 1.75. The van der Waals surface area contributed by atoms with Crippen LogP contribution in [-0.4, -0.2) is 16.2 Å². The molecule has 0 saturated heterocycles. The van der Waals surface area contributed by atoms with Crippen LogP contribution < -0.4 is 10.5 Å². The number of rotatable bonds is 2. The van der Waals surface area contributed by atoms with E-state index in [9.17, 15) is 0 Å². The van der Waals surface area contributed by atoms with Crippen molar-refractivity contribution in [2.45, 2.75) is 12.1 Å². The van der Waals surface area contributed by atoms with E-state index in [4.69, 9.17) is 10.5 Å². The summed E-state index contributed by atoms with van der Waals surface area (Å²) in [5.74, 6) is 1.84. The van der Waals surface area contributed by atoms with E-state index in [1.54, 1.807) is 11.3 Å². The fourth-order valence-electron chi connectivity index (χ4n) is 2.80. The van der Waals surface area contributed by atoms with Crippen molar-refractivity contribution < 1.29 is 4.74 Å². The van der Waals surface area contributed by atoms with Gasteiger partial charge in [-0.3, -0.25) is 0 Å². The van der Waals surface area contributed by atoms with Crippen molar-refractivity contribution in [2.24, 2.45) is 5.73 Å². The largest absolute Gasteiger partial charge is 0.491 e. The summed E-state index contributed by atoms with van der Waals surface area (Å²) in [6.07, 6.45) is 3.80. The first-order chi connectivity index (χ1) is 10.3. The number of hydrogen-bond donors (Lipinski definition) is 1. The lowest BCUT2D eigenvalue weighted by Crippen LogP contribution is -2.33. The molecule has 3 heterocycles. The highest BCUT2D eigenvalue weighted by Crippen LogP contribution is 2.38. The average molecular weight is 297 g/mol. The molecule has 4 rings (SSSR count). The Hall–Kier alpha value is -2.11. The maximum atomic E-state index is 6.48. The molecule has 0 spiro atoms. The molecule has 0 saturated carbocycles. The Bertz CT molecular complexity index is 750. The summed E-state index contributed by atoms with van der Waals surface area (Å²) in [7, 11) is 0. The molecule has 2 aromatic heterocycles. The van der Waals surface area contributed by atoms with Crippen molar-refractivity contribution in [2.75, 3.05) is 6.61 Å². The summed E-state index contributed by atoms with van der Waals surface area (Å²) >= 11 is 1.68. The zero-order valence-corrected chi connectivity index (χ0v) is 12.2. The first kappa shape index (κ1) is 12.6. The van der Waals surface area contributed by atoms with Crippen LogP contribution >= 0.6 is 11.3 Å². The number of para-hydroxylation sites is 1. The standard InChI is InChI=1S/C16H15N3OS/c17-15-11-4-1-2-5-13(11)20-10-12(15)19-8-7-18-16(19)14-6-3-9-21-14/h1-9,12,15H,10,17H2. The van der Waals surface area contributed by atoms with Gasteiger partial charge in [0.25, 0.3) is 0 Å². The number of ether oxygens (including phenoxy) is 1. The van der Waals surface area contributed by atoms with E-state index >= 15 is 0 Å². The van der Waals surface area contributed by atoms with Crippen LogP contribution in [0.4, 0.5) is 0 Å². The third-order valence-electron chi connectivity index (χ3n) is 3.87. The molecule has 1 aliphatic rings. The molecule has 2 atom stereocenters. The van der Waals surface area contributed by atoms with Gasteiger partial charge >= 0.3 is 0 Å². The number of aromatic nitrogens is 2. The molecular formula is C16H15N3OS. The lowest BCUT2D eigenvalue weighted by molar-refractivity contribution is 0.198. The highest BCUT2D eigenvalue weighted by molar-refractivity contribution is 7.13. The zero-order chi connectivity index (χ0) is 14.2. The van der Waals surface area contributed by atoms with Gasteiger partial charge in [-0.05, 0) is 17.5 Å². The molecule has 0 amide bonds. The molecule has 1 aromatic carbocycles. The van der Waals surface area contributed by atoms with Crippen LogP contribution in [0.1, 0.15) is 17.6 Å². The van der Waals surface area contributed by atoms with Crippen molar-refractivity contribution in [1.82, 2.24) is 9.55 Å². The van der Waals surface area contributed by atoms with Crippen molar-refractivity contribution >= 4 is 11.3 Å². The minimum absolute atomic E-state index is 0.0551. The molecule has 0 fully saturated rings. The predicted molar refractivity (Wildman–Crippen MR) is 83.4 cm³/mol. The molecule has 0 radical (unpaired) electrons. The lowest BCUT2D eigenvalue weighted by Gasteiger charge is -2.32. The molecular weight excluding hydrogens is 282 g/mol. The number of benzene rings is 1. The van der Waals surface area contributed by atoms with E-state index in [1.807, 2.05) is 42.7 Å². The molecule has 0 bridgehead atoms. The topological polar surface area (TPSA) is 53.1 Å². The van der Waals surface area contributed by atoms with E-state index < -0.39 is 0 Å². The number of imidazole rings is 1. The molecule has 1 aliphatic heterocycles. The van der Waals surface area contributed by atoms with E-state index in [1.165, 1.54) is 0 Å². The number of thiophene rings is 1. The minimum atomic E-state index is -0.0946. The van der Waals surface area contributed by atoms with Gasteiger partial charge in [0.15, 0.2) is 0 Å². The van der Waals surface area contributed by atoms with Gasteiger partial charge in [-0.2, -0.15) is 0 Å². The van der Waals surface area contributed by atoms with Crippen LogP contribution in [-0.2, 0) is 0 Å². The molecule has 106 valence electrons. The third kappa shape index (κ3) is 2.05. The van der Waals surface area contributed by atoms with Crippen LogP contribution in [0.3, 0.4) is 0 Å². The van der Waals surface area contributed by atoms with Gasteiger partial charge in [-0.15, -0.1) is 11.3 Å². The number of nitrogens with two attached hydrogens (primary N) is 1. The normalized spacial score (nSPS) is 20.8. The highest BCUT2D eigenvalue weighted by atomic mass is 32.1. The van der Waals surface area contributed by atoms with Crippen molar-refractivity contribution in [3.05, 3.63) is 59.7 Å². The maximum absolute atomic E-state index is 6.48. The molecule has 3 aromatic rings. The van der Waals surface area contributed by atoms with Crippen molar-refractivity contribution in [3.63, 3.8) is 0 Å². The van der Waals surface area contributed by atoms with Gasteiger partial charge in [0.1, 0.15) is 18.2 Å². The molecule has 0 aliphatic carbocycles. The smallest absolute Gasteiger partial charge is 0.150 e. The molecule has 5 heteroatoms. The highest BCUT2D eigenvalue weighted by Gasteiger charge is 2.30. The van der Waals surface area contributed by atoms with Crippen LogP contribution in [0.5, 0.6) is 5.75 Å². The monoisotopic (exact) mass is 297 g/mol. The second kappa shape index (κ2) is 5.02. The molecule has 2 N–H and O–H groups in total. The van der Waals surface area contributed by atoms with Crippen LogP contribution in [0.25, 0.3) is 10.7 Å². The Morgan fingerprint density at radius 3 is 3.00 bits per heavy atom. The number of fused-ring (bicyclic) bond motifs is 1. The summed E-state index contributed by atoms with van der Waals surface area (Å²) in [6.45, 7) is 0.562. The summed E-state index contributed by atoms with van der Waals surface area (Å²) in [5, 5.41) is 2.06. The zero-order valence-electron chi connectivity index (χ0n) is 11.3. The van der Waals surface area contributed by atoms with Crippen LogP contribution in [0.15, 0.2) is 54.2 Å². The Morgan fingerprint density at radius 2 is 2.14 bits per heavy atom. The van der Waals surface area contributed by atoms with Gasteiger partial charge in [-0.25, -0.2) is 4.98 Å². The van der Waals surface area contributed by atoms with Crippen molar-refractivity contribution in [3.8, 4) is 16.5 Å². The second-order valence-corrected chi connectivity index (χ2v) is 6.03. The predicted octanol–water partition coefficient (Wildman–Crippen LogP) is 3.25. The number of hydrogen-bond acceptors (Lipinski definition) is 4. The van der Waals surface area contributed by atoms with Crippen LogP contribution in [0.2, 0.25) is 0 Å². The minimum Gasteiger partial charge on any atom is -0.491 e. The molecule has 4 nitrogen and oxygen atoms in total. The van der Waals surface area contributed by atoms with Crippen LogP contribution in [0, 0.1) is 0 Å². The Morgan fingerprint density at radius 1 is 1.24 bits per heavy atom. The molecule has 2 unspecified atom stereocenters. The average Bonchev–Trinajstić information content (AvgIpc) is 3.18.